The summed E-state index contributed by atoms with van der Waals surface area (Å²) in [4.78, 5) is 23.9. The van der Waals surface area contributed by atoms with E-state index in [2.05, 4.69) is 55.1 Å². The number of hydrogen-bond acceptors (Lipinski definition) is 8. The summed E-state index contributed by atoms with van der Waals surface area (Å²) >= 11 is 0. The Morgan fingerprint density at radius 1 is 0.925 bits per heavy atom. The van der Waals surface area contributed by atoms with E-state index in [1.54, 1.807) is 24.3 Å². The summed E-state index contributed by atoms with van der Waals surface area (Å²) in [6.45, 7) is 10.8. The average Bonchev–Trinajstić information content (AvgIpc) is 3.86. The van der Waals surface area contributed by atoms with E-state index in [4.69, 9.17) is 24.2 Å². The van der Waals surface area contributed by atoms with E-state index in [1.807, 2.05) is 43.9 Å². The first-order valence-corrected chi connectivity index (χ1v) is 24.9. The van der Waals surface area contributed by atoms with Gasteiger partial charge in [0.05, 0.1) is 18.2 Å². The maximum atomic E-state index is 15.5. The number of ether oxygens (including phenoxy) is 3. The van der Waals surface area contributed by atoms with Crippen LogP contribution in [-0.2, 0) is 27.5 Å². The van der Waals surface area contributed by atoms with Crippen molar-refractivity contribution < 1.29 is 38.4 Å². The van der Waals surface area contributed by atoms with Crippen molar-refractivity contribution in [3.05, 3.63) is 132 Å². The Labute approximate surface area is 397 Å². The third kappa shape index (κ3) is 11.0. The number of allylic oxidation sites excluding steroid dienone is 1. The largest absolute Gasteiger partial charge is 0.489 e. The first-order valence-electron chi connectivity index (χ1n) is 24.9. The zero-order valence-corrected chi connectivity index (χ0v) is 39.8. The van der Waals surface area contributed by atoms with E-state index >= 15 is 4.79 Å². The number of aliphatic hydroxyl groups is 2. The molecule has 2 N–H and O–H groups in total. The number of hydrogen-bond donors (Lipinski definition) is 2. The number of nitrogens with zero attached hydrogens (tertiary/aromatic N) is 2. The lowest BCUT2D eigenvalue weighted by Crippen LogP contribution is -2.70. The van der Waals surface area contributed by atoms with Gasteiger partial charge < -0.3 is 34.2 Å². The SMILES string of the molecule is C=CCOC12Oc3ccc(OCc4ccccc4F)cc3C3C(CCCCO)C(CCCCO)C=C(C(=NOC(C)(C)C)CC1N(Cc1cccc4ccccc14)C(=O)CCC1CCCC1)C32. The van der Waals surface area contributed by atoms with Gasteiger partial charge in [-0.3, -0.25) is 4.79 Å². The third-order valence-corrected chi connectivity index (χ3v) is 14.6. The van der Waals surface area contributed by atoms with Gasteiger partial charge >= 0.3 is 0 Å². The molecule has 8 rings (SSSR count). The van der Waals surface area contributed by atoms with E-state index in [0.29, 0.717) is 55.2 Å². The van der Waals surface area contributed by atoms with Crippen LogP contribution in [0.2, 0.25) is 0 Å². The molecule has 0 spiro atoms. The summed E-state index contributed by atoms with van der Waals surface area (Å²) in [5.41, 5.74) is 3.59. The van der Waals surface area contributed by atoms with Gasteiger partial charge in [-0.2, -0.15) is 0 Å². The number of halogens is 1. The molecule has 9 nitrogen and oxygen atoms in total. The van der Waals surface area contributed by atoms with Crippen molar-refractivity contribution in [2.24, 2.45) is 28.8 Å². The lowest BCUT2D eigenvalue weighted by atomic mass is 9.55. The average molecular weight is 915 g/mol. The highest BCUT2D eigenvalue weighted by molar-refractivity contribution is 6.03. The Balaban J connectivity index is 1.33. The van der Waals surface area contributed by atoms with Crippen LogP contribution in [0.3, 0.4) is 0 Å². The summed E-state index contributed by atoms with van der Waals surface area (Å²) in [6, 6.07) is 26.5. The molecule has 10 heteroatoms. The Kier molecular flexibility index (Phi) is 15.9. The van der Waals surface area contributed by atoms with Gasteiger partial charge in [0.1, 0.15) is 35.6 Å². The van der Waals surface area contributed by atoms with E-state index in [1.165, 1.54) is 18.9 Å². The van der Waals surface area contributed by atoms with Crippen LogP contribution in [0.15, 0.2) is 114 Å². The molecule has 0 aromatic heterocycles. The number of amides is 1. The molecule has 1 heterocycles. The van der Waals surface area contributed by atoms with Crippen molar-refractivity contribution in [2.75, 3.05) is 19.8 Å². The first kappa shape index (κ1) is 48.4. The summed E-state index contributed by atoms with van der Waals surface area (Å²) in [6.07, 6.45) is 15.0. The molecule has 67 heavy (non-hydrogen) atoms. The predicted octanol–water partition coefficient (Wildman–Crippen LogP) is 12.0. The van der Waals surface area contributed by atoms with Gasteiger partial charge in [-0.1, -0.05) is 116 Å². The number of carbonyl (C=O) groups is 1. The van der Waals surface area contributed by atoms with Crippen LogP contribution in [0.25, 0.3) is 10.8 Å². The van der Waals surface area contributed by atoms with E-state index < -0.39 is 23.3 Å². The molecule has 3 aliphatic carbocycles. The first-order chi connectivity index (χ1) is 32.5. The van der Waals surface area contributed by atoms with Crippen LogP contribution in [-0.4, -0.2) is 64.0 Å². The van der Waals surface area contributed by atoms with Crippen LogP contribution in [0.5, 0.6) is 11.5 Å². The fraction of sp³-hybridized carbons (Fsp3) is 0.509. The van der Waals surface area contributed by atoms with Crippen molar-refractivity contribution in [3.63, 3.8) is 0 Å². The lowest BCUT2D eigenvalue weighted by Gasteiger charge is -2.60. The molecule has 0 radical (unpaired) electrons. The molecular formula is C57H71FN2O7. The lowest BCUT2D eigenvalue weighted by molar-refractivity contribution is -0.258. The Bertz CT molecular complexity index is 2380. The van der Waals surface area contributed by atoms with Crippen molar-refractivity contribution in [2.45, 2.75) is 141 Å². The number of fused-ring (bicyclic) bond motifs is 3. The molecule has 0 saturated heterocycles. The Morgan fingerprint density at radius 2 is 1.66 bits per heavy atom. The molecule has 2 saturated carbocycles. The van der Waals surface area contributed by atoms with Gasteiger partial charge in [-0.05, 0) is 117 Å². The zero-order chi connectivity index (χ0) is 47.0. The fourth-order valence-electron chi connectivity index (χ4n) is 11.5. The molecule has 4 aliphatic rings. The monoisotopic (exact) mass is 915 g/mol. The van der Waals surface area contributed by atoms with Gasteiger partial charge in [0.2, 0.25) is 11.7 Å². The molecule has 2 fully saturated rings. The maximum absolute atomic E-state index is 15.5. The van der Waals surface area contributed by atoms with Crippen molar-refractivity contribution in [1.82, 2.24) is 4.90 Å². The van der Waals surface area contributed by atoms with E-state index in [0.717, 1.165) is 78.1 Å². The third-order valence-electron chi connectivity index (χ3n) is 14.6. The molecule has 0 bridgehead atoms. The molecule has 358 valence electrons. The van der Waals surface area contributed by atoms with Crippen LogP contribution < -0.4 is 9.47 Å². The smallest absolute Gasteiger partial charge is 0.239 e. The van der Waals surface area contributed by atoms with Gasteiger partial charge in [-0.15, -0.1) is 6.58 Å². The molecule has 6 atom stereocenters. The second kappa shape index (κ2) is 21.9. The maximum Gasteiger partial charge on any atom is 0.239 e. The van der Waals surface area contributed by atoms with Gasteiger partial charge in [0, 0.05) is 49.6 Å². The number of benzene rings is 4. The number of rotatable bonds is 21. The number of aliphatic hydroxyl groups excluding tert-OH is 2. The standard InChI is InChI=1S/C57H71FN2O7/c1-5-33-65-57-52(60(53(63)30-27-39-17-6-7-18-39)37-42-23-16-22-40-19-8-10-24-45(40)42)36-50(59-67-56(2,3)4)47-34-41(20-12-14-31-61)46(25-13-15-32-62)54(55(47)57)48-35-44(28-29-51(48)66-57)64-38-43-21-9-11-26-49(43)58/h5,8-11,16,19,21-24,26,28-29,34-35,39,41,46,52,54-55,61-62H,1,6-7,12-15,17-18,20,25,27,30-33,36-38H2,2-4H3. The minimum atomic E-state index is -1.40. The van der Waals surface area contributed by atoms with Crippen LogP contribution in [0, 0.1) is 29.5 Å². The summed E-state index contributed by atoms with van der Waals surface area (Å²) in [7, 11) is 0. The highest BCUT2D eigenvalue weighted by Gasteiger charge is 2.65. The Morgan fingerprint density at radius 3 is 2.42 bits per heavy atom. The molecule has 6 unspecified atom stereocenters. The minimum Gasteiger partial charge on any atom is -0.489 e. The second-order valence-corrected chi connectivity index (χ2v) is 20.2. The molecular weight excluding hydrogens is 844 g/mol. The number of unbranched alkanes of at least 4 members (excludes halogenated alkanes) is 2. The normalized spacial score (nSPS) is 24.1. The van der Waals surface area contributed by atoms with Crippen LogP contribution >= 0.6 is 0 Å². The second-order valence-electron chi connectivity index (χ2n) is 20.2. The number of oxime groups is 1. The van der Waals surface area contributed by atoms with Crippen molar-refractivity contribution in [1.29, 1.82) is 0 Å². The highest BCUT2D eigenvalue weighted by atomic mass is 19.1. The van der Waals surface area contributed by atoms with E-state index in [-0.39, 0.29) is 55.9 Å². The van der Waals surface area contributed by atoms with Gasteiger partial charge in [0.25, 0.3) is 0 Å². The predicted molar refractivity (Wildman–Crippen MR) is 262 cm³/mol. The van der Waals surface area contributed by atoms with Gasteiger partial charge in [0.15, 0.2) is 0 Å². The van der Waals surface area contributed by atoms with Crippen LogP contribution in [0.4, 0.5) is 4.39 Å². The van der Waals surface area contributed by atoms with Crippen molar-refractivity contribution in [3.8, 4) is 11.5 Å². The highest BCUT2D eigenvalue weighted by Crippen LogP contribution is 2.62. The molecule has 4 aromatic rings. The van der Waals surface area contributed by atoms with Crippen molar-refractivity contribution >= 4 is 22.4 Å². The summed E-state index contributed by atoms with van der Waals surface area (Å²) < 4.78 is 36.1. The topological polar surface area (TPSA) is 110 Å². The molecule has 1 aliphatic heterocycles. The van der Waals surface area contributed by atoms with Gasteiger partial charge in [-0.25, -0.2) is 4.39 Å². The molecule has 1 amide bonds. The number of carbonyl (C=O) groups excluding carboxylic acids is 1. The molecule has 4 aromatic carbocycles. The quantitative estimate of drug-likeness (QED) is 0.0487. The minimum absolute atomic E-state index is 0.0447. The fourth-order valence-corrected chi connectivity index (χ4v) is 11.5. The Hall–Kier alpha value is -5.03. The summed E-state index contributed by atoms with van der Waals surface area (Å²) in [5, 5.41) is 27.3. The van der Waals surface area contributed by atoms with E-state index in [9.17, 15) is 14.6 Å². The zero-order valence-electron chi connectivity index (χ0n) is 39.8. The summed E-state index contributed by atoms with van der Waals surface area (Å²) in [5.74, 6) is -0.490. The van der Waals surface area contributed by atoms with Crippen LogP contribution in [0.1, 0.15) is 127 Å².